The number of aromatic nitrogens is 1. The van der Waals surface area contributed by atoms with Crippen LogP contribution >= 0.6 is 11.3 Å². The van der Waals surface area contributed by atoms with Crippen molar-refractivity contribution in [2.75, 3.05) is 27.7 Å². The number of hydrogen-bond donors (Lipinski definition) is 3. The van der Waals surface area contributed by atoms with Crippen molar-refractivity contribution in [1.29, 1.82) is 0 Å². The van der Waals surface area contributed by atoms with Crippen LogP contribution in [-0.2, 0) is 27.3 Å². The number of nitrogens with zero attached hydrogens (tertiary/aromatic N) is 3. The Kier molecular flexibility index (Phi) is 6.71. The Labute approximate surface area is 178 Å². The number of hydrogen-bond acceptors (Lipinski definition) is 7. The first-order valence-corrected chi connectivity index (χ1v) is 10.7. The van der Waals surface area contributed by atoms with Crippen molar-refractivity contribution in [3.05, 3.63) is 15.6 Å². The molecule has 1 aromatic heterocycles. The smallest absolute Gasteiger partial charge is 0.394 e. The molecule has 2 aliphatic rings. The maximum Gasteiger partial charge on any atom is 0.394 e. The fourth-order valence-electron chi connectivity index (χ4n) is 3.97. The average Bonchev–Trinajstić information content (AvgIpc) is 3.11. The van der Waals surface area contributed by atoms with Gasteiger partial charge in [0.15, 0.2) is 5.01 Å². The van der Waals surface area contributed by atoms with E-state index in [4.69, 9.17) is 5.11 Å². The van der Waals surface area contributed by atoms with E-state index in [0.717, 1.165) is 30.1 Å². The minimum Gasteiger partial charge on any atom is -0.474 e. The van der Waals surface area contributed by atoms with Crippen molar-refractivity contribution in [3.8, 4) is 0 Å². The molecule has 0 radical (unpaired) electrons. The van der Waals surface area contributed by atoms with Crippen LogP contribution in [0.2, 0.25) is 0 Å². The van der Waals surface area contributed by atoms with Crippen LogP contribution in [0.4, 0.5) is 0 Å². The number of carboxylic acid groups (broad SMARTS) is 1. The second kappa shape index (κ2) is 9.09. The molecule has 30 heavy (non-hydrogen) atoms. The molecule has 1 aliphatic heterocycles. The minimum atomic E-state index is -1.58. The van der Waals surface area contributed by atoms with E-state index in [1.807, 2.05) is 7.05 Å². The van der Waals surface area contributed by atoms with Crippen LogP contribution in [0, 0.1) is 5.92 Å². The quantitative estimate of drug-likeness (QED) is 0.551. The van der Waals surface area contributed by atoms with Gasteiger partial charge in [-0.1, -0.05) is 0 Å². The van der Waals surface area contributed by atoms with E-state index >= 15 is 0 Å². The molecule has 0 saturated heterocycles. The lowest BCUT2D eigenvalue weighted by atomic mass is 9.81. The molecular weight excluding hydrogens is 410 g/mol. The maximum absolute atomic E-state index is 12.9. The first-order chi connectivity index (χ1) is 14.2. The number of carbonyl (C=O) groups excluding carboxylic acids is 3. The summed E-state index contributed by atoms with van der Waals surface area (Å²) in [5, 5.41) is 14.6. The number of likely N-dealkylation sites (N-methyl/N-ethyl adjacent to an activating group) is 1. The van der Waals surface area contributed by atoms with Crippen LogP contribution in [0.1, 0.15) is 39.6 Å². The molecule has 3 amide bonds. The summed E-state index contributed by atoms with van der Waals surface area (Å²) in [7, 11) is 5.36. The van der Waals surface area contributed by atoms with E-state index in [0.29, 0.717) is 24.3 Å². The first kappa shape index (κ1) is 22.2. The van der Waals surface area contributed by atoms with Crippen LogP contribution in [0.25, 0.3) is 0 Å². The summed E-state index contributed by atoms with van der Waals surface area (Å²) in [5.41, 5.74) is 0.934. The minimum absolute atomic E-state index is 0.0509. The number of rotatable bonds is 4. The van der Waals surface area contributed by atoms with E-state index in [1.165, 1.54) is 16.2 Å². The predicted octanol–water partition coefficient (Wildman–Crippen LogP) is -0.313. The Hall–Kier alpha value is -2.53. The van der Waals surface area contributed by atoms with Gasteiger partial charge in [0.2, 0.25) is 5.91 Å². The molecule has 2 heterocycles. The van der Waals surface area contributed by atoms with Gasteiger partial charge in [-0.2, -0.15) is 0 Å². The third kappa shape index (κ3) is 4.96. The zero-order chi connectivity index (χ0) is 22.0. The monoisotopic (exact) mass is 437 g/mol. The highest BCUT2D eigenvalue weighted by Crippen LogP contribution is 2.28. The molecule has 164 valence electrons. The van der Waals surface area contributed by atoms with Crippen LogP contribution in [0.3, 0.4) is 0 Å². The van der Waals surface area contributed by atoms with Gasteiger partial charge in [0.05, 0.1) is 11.7 Å². The lowest BCUT2D eigenvalue weighted by molar-refractivity contribution is -0.150. The van der Waals surface area contributed by atoms with Crippen molar-refractivity contribution >= 4 is 35.0 Å². The van der Waals surface area contributed by atoms with Crippen molar-refractivity contribution in [3.63, 3.8) is 0 Å². The van der Waals surface area contributed by atoms with E-state index in [2.05, 4.69) is 20.5 Å². The number of nitrogens with one attached hydrogen (secondary N) is 2. The molecule has 3 N–H and O–H groups in total. The topological polar surface area (TPSA) is 132 Å². The van der Waals surface area contributed by atoms with Crippen LogP contribution in [0.15, 0.2) is 0 Å². The van der Waals surface area contributed by atoms with Crippen molar-refractivity contribution in [1.82, 2.24) is 25.4 Å². The molecule has 1 aromatic rings. The molecule has 11 heteroatoms. The van der Waals surface area contributed by atoms with Crippen molar-refractivity contribution in [2.45, 2.75) is 44.3 Å². The summed E-state index contributed by atoms with van der Waals surface area (Å²) >= 11 is 1.35. The van der Waals surface area contributed by atoms with Gasteiger partial charge in [0.1, 0.15) is 0 Å². The Morgan fingerprint density at radius 1 is 1.17 bits per heavy atom. The second-order valence-electron chi connectivity index (χ2n) is 8.08. The molecule has 1 saturated carbocycles. The third-order valence-corrected chi connectivity index (χ3v) is 6.67. The summed E-state index contributed by atoms with van der Waals surface area (Å²) in [5.74, 6) is -3.42. The molecule has 1 aliphatic carbocycles. The lowest BCUT2D eigenvalue weighted by Gasteiger charge is -2.36. The number of carbonyl (C=O) groups is 4. The number of carboxylic acids is 1. The highest BCUT2D eigenvalue weighted by Gasteiger charge is 2.37. The summed E-state index contributed by atoms with van der Waals surface area (Å²) in [4.78, 5) is 57.1. The largest absolute Gasteiger partial charge is 0.474 e. The average molecular weight is 438 g/mol. The van der Waals surface area contributed by atoms with Crippen LogP contribution in [0.5, 0.6) is 0 Å². The van der Waals surface area contributed by atoms with Crippen molar-refractivity contribution < 1.29 is 24.3 Å². The molecule has 10 nitrogen and oxygen atoms in total. The Morgan fingerprint density at radius 2 is 1.90 bits per heavy atom. The van der Waals surface area contributed by atoms with Gasteiger partial charge in [0, 0.05) is 50.4 Å². The highest BCUT2D eigenvalue weighted by atomic mass is 32.1. The molecule has 0 bridgehead atoms. The zero-order valence-corrected chi connectivity index (χ0v) is 18.1. The third-order valence-electron chi connectivity index (χ3n) is 5.58. The Balaban J connectivity index is 1.75. The van der Waals surface area contributed by atoms with Crippen molar-refractivity contribution in [2.24, 2.45) is 5.92 Å². The SMILES string of the molecule is CN1CCc2nc(C(=O)N[C@H]3C[C@@H](C(=O)N(C)C)CC[C@@H]3NC(=O)C(=O)O)sc2C1. The second-order valence-corrected chi connectivity index (χ2v) is 9.17. The molecule has 0 aromatic carbocycles. The summed E-state index contributed by atoms with van der Waals surface area (Å²) in [6.07, 6.45) is 2.01. The maximum atomic E-state index is 12.9. The van der Waals surface area contributed by atoms with Gasteiger partial charge in [-0.3, -0.25) is 14.4 Å². The standard InChI is InChI=1S/C19H27N5O5S/c1-23(2)18(27)10-4-5-11(20-16(26)19(28)29)13(8-10)21-15(25)17-22-12-6-7-24(3)9-14(12)30-17/h10-11,13H,4-9H2,1-3H3,(H,20,26)(H,21,25)(H,28,29)/t10-,11-,13-/m0/s1. The molecule has 3 rings (SSSR count). The lowest BCUT2D eigenvalue weighted by Crippen LogP contribution is -2.56. The number of amides is 3. The van der Waals surface area contributed by atoms with Gasteiger partial charge in [-0.15, -0.1) is 11.3 Å². The number of fused-ring (bicyclic) bond motifs is 1. The summed E-state index contributed by atoms with van der Waals surface area (Å²) in [6.45, 7) is 1.64. The Morgan fingerprint density at radius 3 is 2.57 bits per heavy atom. The van der Waals surface area contributed by atoms with Gasteiger partial charge >= 0.3 is 11.9 Å². The molecule has 3 atom stereocenters. The molecule has 0 unspecified atom stereocenters. The highest BCUT2D eigenvalue weighted by molar-refractivity contribution is 7.13. The fraction of sp³-hybridized carbons (Fsp3) is 0.632. The van der Waals surface area contributed by atoms with E-state index < -0.39 is 24.0 Å². The van der Waals surface area contributed by atoms with Crippen LogP contribution < -0.4 is 10.6 Å². The van der Waals surface area contributed by atoms with Crippen LogP contribution in [-0.4, -0.2) is 83.4 Å². The van der Waals surface area contributed by atoms with E-state index in [9.17, 15) is 19.2 Å². The van der Waals surface area contributed by atoms with E-state index in [1.54, 1.807) is 14.1 Å². The van der Waals surface area contributed by atoms with Gasteiger partial charge in [0.25, 0.3) is 5.91 Å². The number of thiazole rings is 1. The molecule has 1 fully saturated rings. The van der Waals surface area contributed by atoms with Gasteiger partial charge in [-0.05, 0) is 26.3 Å². The zero-order valence-electron chi connectivity index (χ0n) is 17.3. The summed E-state index contributed by atoms with van der Waals surface area (Å²) in [6, 6.07) is -1.13. The van der Waals surface area contributed by atoms with E-state index in [-0.39, 0.29) is 17.7 Å². The summed E-state index contributed by atoms with van der Waals surface area (Å²) < 4.78 is 0. The Bertz CT molecular complexity index is 854. The first-order valence-electron chi connectivity index (χ1n) is 9.88. The van der Waals surface area contributed by atoms with Gasteiger partial charge < -0.3 is 25.5 Å². The molecule has 0 spiro atoms. The fourth-order valence-corrected chi connectivity index (χ4v) is 5.06. The predicted molar refractivity (Wildman–Crippen MR) is 109 cm³/mol. The molecular formula is C19H27N5O5S. The van der Waals surface area contributed by atoms with Gasteiger partial charge in [-0.25, -0.2) is 9.78 Å². The number of aliphatic carboxylic acids is 1. The normalized spacial score (nSPS) is 23.9.